The van der Waals surface area contributed by atoms with Crippen molar-refractivity contribution in [2.24, 2.45) is 0 Å². The lowest BCUT2D eigenvalue weighted by atomic mass is 10.2. The third-order valence-electron chi connectivity index (χ3n) is 3.23. The number of aryl methyl sites for hydroxylation is 1. The lowest BCUT2D eigenvalue weighted by molar-refractivity contribution is 0.111. The lowest BCUT2D eigenvalue weighted by Gasteiger charge is -2.10. The average molecular weight is 350 g/mol. The van der Waals surface area contributed by atoms with Gasteiger partial charge in [-0.05, 0) is 37.3 Å². The third kappa shape index (κ3) is 4.56. The molecule has 0 aliphatic rings. The lowest BCUT2D eigenvalue weighted by Crippen LogP contribution is -2.13. The van der Waals surface area contributed by atoms with Crippen LogP contribution in [0.1, 0.15) is 15.9 Å². The summed E-state index contributed by atoms with van der Waals surface area (Å²) in [6.07, 6.45) is 0.641. The van der Waals surface area contributed by atoms with Crippen LogP contribution in [0.25, 0.3) is 0 Å². The minimum atomic E-state index is -3.83. The van der Waals surface area contributed by atoms with Crippen LogP contribution in [0.2, 0.25) is 0 Å². The van der Waals surface area contributed by atoms with E-state index in [1.807, 2.05) is 6.92 Å². The fourth-order valence-corrected chi connectivity index (χ4v) is 2.84. The van der Waals surface area contributed by atoms with E-state index in [2.05, 4.69) is 0 Å². The quantitative estimate of drug-likeness (QED) is 0.414. The third-order valence-corrected chi connectivity index (χ3v) is 4.56. The Morgan fingerprint density at radius 3 is 2.38 bits per heavy atom. The van der Waals surface area contributed by atoms with E-state index in [1.54, 1.807) is 24.3 Å². The van der Waals surface area contributed by atoms with E-state index in [-0.39, 0.29) is 18.1 Å². The zero-order chi connectivity index (χ0) is 17.6. The molecular weight excluding hydrogens is 332 g/mol. The van der Waals surface area contributed by atoms with Crippen molar-refractivity contribution >= 4 is 16.4 Å². The topological polar surface area (TPSA) is 78.9 Å². The Bertz CT molecular complexity index is 796. The molecule has 0 aliphatic carbocycles. The SMILES string of the molecule is COc1ccc(OCCOS(=O)(=O)c2ccc(C)cc2)c(C=O)c1. The first-order valence-corrected chi connectivity index (χ1v) is 8.59. The fourth-order valence-electron chi connectivity index (χ4n) is 1.95. The highest BCUT2D eigenvalue weighted by molar-refractivity contribution is 7.86. The molecule has 0 aromatic heterocycles. The van der Waals surface area contributed by atoms with Crippen molar-refractivity contribution in [1.29, 1.82) is 0 Å². The molecule has 2 rings (SSSR count). The van der Waals surface area contributed by atoms with E-state index >= 15 is 0 Å². The fraction of sp³-hybridized carbons (Fsp3) is 0.235. The molecule has 0 aliphatic heterocycles. The van der Waals surface area contributed by atoms with Gasteiger partial charge >= 0.3 is 0 Å². The summed E-state index contributed by atoms with van der Waals surface area (Å²) in [7, 11) is -2.33. The zero-order valence-corrected chi connectivity index (χ0v) is 14.2. The summed E-state index contributed by atoms with van der Waals surface area (Å²) in [4.78, 5) is 11.1. The van der Waals surface area contributed by atoms with E-state index in [0.717, 1.165) is 5.56 Å². The maximum Gasteiger partial charge on any atom is 0.297 e. The van der Waals surface area contributed by atoms with Gasteiger partial charge in [-0.15, -0.1) is 0 Å². The first-order valence-electron chi connectivity index (χ1n) is 7.18. The molecule has 0 radical (unpaired) electrons. The number of hydrogen-bond donors (Lipinski definition) is 0. The summed E-state index contributed by atoms with van der Waals surface area (Å²) < 4.78 is 39.4. The molecule has 0 unspecified atom stereocenters. The van der Waals surface area contributed by atoms with Gasteiger partial charge in [0.1, 0.15) is 24.7 Å². The van der Waals surface area contributed by atoms with Gasteiger partial charge in [-0.2, -0.15) is 8.42 Å². The van der Waals surface area contributed by atoms with Gasteiger partial charge in [0.05, 0.1) is 17.6 Å². The van der Waals surface area contributed by atoms with Crippen molar-refractivity contribution in [3.8, 4) is 11.5 Å². The molecule has 0 heterocycles. The van der Waals surface area contributed by atoms with Crippen molar-refractivity contribution in [2.45, 2.75) is 11.8 Å². The normalized spacial score (nSPS) is 11.1. The van der Waals surface area contributed by atoms with Crippen LogP contribution in [0.4, 0.5) is 0 Å². The molecular formula is C17H18O6S. The second-order valence-electron chi connectivity index (χ2n) is 4.96. The van der Waals surface area contributed by atoms with Crippen molar-refractivity contribution in [1.82, 2.24) is 0 Å². The summed E-state index contributed by atoms with van der Waals surface area (Å²) in [5, 5.41) is 0. The molecule has 7 heteroatoms. The first-order chi connectivity index (χ1) is 11.5. The van der Waals surface area contributed by atoms with Gasteiger partial charge in [-0.3, -0.25) is 8.98 Å². The van der Waals surface area contributed by atoms with Gasteiger partial charge < -0.3 is 9.47 Å². The average Bonchev–Trinajstić information content (AvgIpc) is 2.59. The van der Waals surface area contributed by atoms with E-state index in [4.69, 9.17) is 13.7 Å². The molecule has 0 spiro atoms. The van der Waals surface area contributed by atoms with Gasteiger partial charge in [-0.1, -0.05) is 17.7 Å². The molecule has 0 atom stereocenters. The second-order valence-corrected chi connectivity index (χ2v) is 6.57. The van der Waals surface area contributed by atoms with Crippen LogP contribution in [0.3, 0.4) is 0 Å². The molecule has 0 saturated carbocycles. The molecule has 0 saturated heterocycles. The highest BCUT2D eigenvalue weighted by Gasteiger charge is 2.15. The molecule has 6 nitrogen and oxygen atoms in total. The summed E-state index contributed by atoms with van der Waals surface area (Å²) in [5.41, 5.74) is 1.27. The van der Waals surface area contributed by atoms with E-state index in [0.29, 0.717) is 23.3 Å². The number of hydrogen-bond acceptors (Lipinski definition) is 6. The van der Waals surface area contributed by atoms with Gasteiger partial charge in [-0.25, -0.2) is 0 Å². The van der Waals surface area contributed by atoms with Crippen LogP contribution in [0.5, 0.6) is 11.5 Å². The molecule has 24 heavy (non-hydrogen) atoms. The van der Waals surface area contributed by atoms with Gasteiger partial charge in [0.15, 0.2) is 6.29 Å². The van der Waals surface area contributed by atoms with Crippen LogP contribution in [-0.2, 0) is 14.3 Å². The Labute approximate surface area is 141 Å². The zero-order valence-electron chi connectivity index (χ0n) is 13.4. The Kier molecular flexibility index (Phi) is 5.94. The van der Waals surface area contributed by atoms with Crippen LogP contribution in [0, 0.1) is 6.92 Å². The van der Waals surface area contributed by atoms with E-state index < -0.39 is 10.1 Å². The molecule has 0 fully saturated rings. The molecule has 0 bridgehead atoms. The standard InChI is InChI=1S/C17H18O6S/c1-13-3-6-16(7-4-13)24(19,20)23-10-9-22-17-8-5-15(21-2)11-14(17)12-18/h3-8,11-12H,9-10H2,1-2H3. The summed E-state index contributed by atoms with van der Waals surface area (Å²) in [5.74, 6) is 0.866. The molecule has 128 valence electrons. The molecule has 0 amide bonds. The maximum atomic E-state index is 12.0. The Morgan fingerprint density at radius 2 is 1.75 bits per heavy atom. The van der Waals surface area contributed by atoms with Gasteiger partial charge in [0.2, 0.25) is 0 Å². The van der Waals surface area contributed by atoms with Crippen LogP contribution in [-0.4, -0.2) is 35.0 Å². The molecule has 0 N–H and O–H groups in total. The van der Waals surface area contributed by atoms with E-state index in [1.165, 1.54) is 25.3 Å². The van der Waals surface area contributed by atoms with Gasteiger partial charge in [0, 0.05) is 0 Å². The number of methoxy groups -OCH3 is 1. The first kappa shape index (κ1) is 18.0. The summed E-state index contributed by atoms with van der Waals surface area (Å²) in [6.45, 7) is 1.68. The van der Waals surface area contributed by atoms with E-state index in [9.17, 15) is 13.2 Å². The predicted octanol–water partition coefficient (Wildman–Crippen LogP) is 2.60. The Balaban J connectivity index is 1.93. The minimum Gasteiger partial charge on any atom is -0.497 e. The number of aldehydes is 1. The number of benzene rings is 2. The Hall–Kier alpha value is -2.38. The van der Waals surface area contributed by atoms with Crippen LogP contribution < -0.4 is 9.47 Å². The van der Waals surface area contributed by atoms with Crippen LogP contribution in [0.15, 0.2) is 47.4 Å². The van der Waals surface area contributed by atoms with Crippen molar-refractivity contribution < 1.29 is 26.9 Å². The second kappa shape index (κ2) is 7.94. The molecule has 2 aromatic rings. The minimum absolute atomic E-state index is 0.0156. The number of carbonyl (C=O) groups is 1. The summed E-state index contributed by atoms with van der Waals surface area (Å²) in [6, 6.07) is 11.1. The van der Waals surface area contributed by atoms with Crippen LogP contribution >= 0.6 is 0 Å². The number of ether oxygens (including phenoxy) is 2. The van der Waals surface area contributed by atoms with Crippen molar-refractivity contribution in [3.63, 3.8) is 0 Å². The maximum absolute atomic E-state index is 12.0. The predicted molar refractivity (Wildman–Crippen MR) is 88.2 cm³/mol. The van der Waals surface area contributed by atoms with Crippen molar-refractivity contribution in [2.75, 3.05) is 20.3 Å². The largest absolute Gasteiger partial charge is 0.497 e. The highest BCUT2D eigenvalue weighted by atomic mass is 32.2. The monoisotopic (exact) mass is 350 g/mol. The highest BCUT2D eigenvalue weighted by Crippen LogP contribution is 2.22. The smallest absolute Gasteiger partial charge is 0.297 e. The van der Waals surface area contributed by atoms with Gasteiger partial charge in [0.25, 0.3) is 10.1 Å². The van der Waals surface area contributed by atoms with Crippen molar-refractivity contribution in [3.05, 3.63) is 53.6 Å². The molecule has 2 aromatic carbocycles. The Morgan fingerprint density at radius 1 is 1.04 bits per heavy atom. The summed E-state index contributed by atoms with van der Waals surface area (Å²) >= 11 is 0. The number of carbonyl (C=O) groups excluding carboxylic acids is 1. The number of rotatable bonds is 8.